The predicted octanol–water partition coefficient (Wildman–Crippen LogP) is 6.82. The number of hydrogen-bond donors (Lipinski definition) is 2. The second kappa shape index (κ2) is 12.7. The van der Waals surface area contributed by atoms with Gasteiger partial charge >= 0.3 is 0 Å². The van der Waals surface area contributed by atoms with E-state index >= 15 is 4.39 Å². The lowest BCUT2D eigenvalue weighted by atomic mass is 9.94. The first-order valence-electron chi connectivity index (χ1n) is 14.3. The second-order valence-corrected chi connectivity index (χ2v) is 12.6. The number of carbonyl (C=O) groups excluding carboxylic acids is 1. The Labute approximate surface area is 280 Å². The van der Waals surface area contributed by atoms with Gasteiger partial charge in [-0.25, -0.2) is 13.8 Å². The van der Waals surface area contributed by atoms with Crippen molar-refractivity contribution in [1.29, 1.82) is 5.26 Å². The van der Waals surface area contributed by atoms with Crippen LogP contribution in [0.4, 0.5) is 26.0 Å². The number of hydrogen-bond acceptors (Lipinski definition) is 8. The first-order chi connectivity index (χ1) is 21.7. The third kappa shape index (κ3) is 5.33. The lowest BCUT2D eigenvalue weighted by Gasteiger charge is -2.45. The Morgan fingerprint density at radius 3 is 2.54 bits per heavy atom. The topological polar surface area (TPSA) is 123 Å². The predicted molar refractivity (Wildman–Crippen MR) is 176 cm³/mol. The molecular weight excluding hydrogens is 659 g/mol. The molecule has 2 atom stereocenters. The van der Waals surface area contributed by atoms with Gasteiger partial charge in [0.15, 0.2) is 17.9 Å². The van der Waals surface area contributed by atoms with E-state index in [9.17, 15) is 19.6 Å². The minimum Gasteiger partial charge on any atom is -0.395 e. The standard InChI is InChI=1S/C32H30Cl3F2N7O2/c1-6-20(45)43-10-9-42(13-16(43)5)30-17-11-19(33)28(21-22(34)26(39)25(37)23(35)24(21)36)41-31(17)44(32(46)18(30)12-38)29-15(4)7-8-40-27(29)14(2)3/h6-8,11,14,16,32,46H,1,9-10,13,39H2,2-5H3/t16-,32?/m1/s1. The van der Waals surface area contributed by atoms with Crippen molar-refractivity contribution in [2.75, 3.05) is 30.3 Å². The molecule has 3 N–H and O–H groups in total. The molecule has 1 unspecified atom stereocenters. The highest BCUT2D eigenvalue weighted by Crippen LogP contribution is 2.49. The minimum atomic E-state index is -1.57. The smallest absolute Gasteiger partial charge is 0.246 e. The number of nitrogens with two attached hydrogens (primary N) is 1. The number of aromatic nitrogens is 2. The van der Waals surface area contributed by atoms with E-state index in [-0.39, 0.29) is 40.0 Å². The molecule has 1 aromatic carbocycles. The fraction of sp³-hybridized carbons (Fsp3) is 0.312. The summed E-state index contributed by atoms with van der Waals surface area (Å²) in [5.74, 6) is -2.69. The third-order valence-corrected chi connectivity index (χ3v) is 9.21. The van der Waals surface area contributed by atoms with Crippen LogP contribution in [0.2, 0.25) is 15.1 Å². The number of nitrogens with zero attached hydrogens (tertiary/aromatic N) is 6. The van der Waals surface area contributed by atoms with Crippen molar-refractivity contribution in [3.8, 4) is 17.3 Å². The van der Waals surface area contributed by atoms with Crippen molar-refractivity contribution in [1.82, 2.24) is 19.8 Å². The van der Waals surface area contributed by atoms with Gasteiger partial charge in [0.05, 0.1) is 44.1 Å². The SMILES string of the molecule is C=CC(=O)N1CCN(C2=C(C#N)C(O)N(c3c(C)ccnc3C(C)C)c3nc(-c4c(F)c(Cl)c(F)c(N)c4Cl)c(Cl)cc32)C[C@H]1C. The van der Waals surface area contributed by atoms with E-state index in [1.807, 2.05) is 32.6 Å². The molecule has 4 heterocycles. The van der Waals surface area contributed by atoms with Crippen LogP contribution >= 0.6 is 34.8 Å². The van der Waals surface area contributed by atoms with Crippen LogP contribution < -0.4 is 10.6 Å². The molecule has 1 saturated heterocycles. The Kier molecular flexibility index (Phi) is 9.21. The molecule has 240 valence electrons. The van der Waals surface area contributed by atoms with Gasteiger partial charge in [-0.15, -0.1) is 0 Å². The molecule has 0 radical (unpaired) electrons. The molecule has 9 nitrogen and oxygen atoms in total. The number of pyridine rings is 2. The van der Waals surface area contributed by atoms with Gasteiger partial charge in [0.2, 0.25) is 5.91 Å². The third-order valence-electron chi connectivity index (χ3n) is 8.20. The van der Waals surface area contributed by atoms with Crippen LogP contribution in [0.1, 0.15) is 43.5 Å². The molecule has 0 bridgehead atoms. The average Bonchev–Trinajstić information content (AvgIpc) is 3.02. The van der Waals surface area contributed by atoms with Crippen LogP contribution in [0.5, 0.6) is 0 Å². The van der Waals surface area contributed by atoms with Gasteiger partial charge in [0, 0.05) is 37.4 Å². The first-order valence-corrected chi connectivity index (χ1v) is 15.5. The molecule has 0 saturated carbocycles. The highest BCUT2D eigenvalue weighted by Gasteiger charge is 2.41. The van der Waals surface area contributed by atoms with Gasteiger partial charge in [-0.2, -0.15) is 5.26 Å². The van der Waals surface area contributed by atoms with Gasteiger partial charge < -0.3 is 20.6 Å². The van der Waals surface area contributed by atoms with Crippen molar-refractivity contribution in [2.24, 2.45) is 0 Å². The summed E-state index contributed by atoms with van der Waals surface area (Å²) in [4.78, 5) is 26.8. The number of carbonyl (C=O) groups is 1. The molecule has 0 spiro atoms. The van der Waals surface area contributed by atoms with Crippen LogP contribution in [-0.2, 0) is 4.79 Å². The summed E-state index contributed by atoms with van der Waals surface area (Å²) >= 11 is 19.1. The summed E-state index contributed by atoms with van der Waals surface area (Å²) in [6, 6.07) is 5.14. The van der Waals surface area contributed by atoms with E-state index in [4.69, 9.17) is 45.5 Å². The van der Waals surface area contributed by atoms with Crippen LogP contribution in [0.3, 0.4) is 0 Å². The molecular formula is C32H30Cl3F2N7O2. The molecule has 2 aliphatic heterocycles. The van der Waals surface area contributed by atoms with Crippen molar-refractivity contribution in [3.05, 3.63) is 80.1 Å². The minimum absolute atomic E-state index is 0.00468. The van der Waals surface area contributed by atoms with Gasteiger partial charge in [-0.1, -0.05) is 55.2 Å². The molecule has 2 aliphatic rings. The molecule has 14 heteroatoms. The van der Waals surface area contributed by atoms with Crippen LogP contribution in [0.15, 0.2) is 36.6 Å². The molecule has 5 rings (SSSR count). The zero-order valence-corrected chi connectivity index (χ0v) is 27.6. The molecule has 3 aromatic rings. The number of piperazine rings is 1. The number of aliphatic hydroxyl groups excluding tert-OH is 1. The van der Waals surface area contributed by atoms with Crippen LogP contribution in [-0.4, -0.2) is 62.7 Å². The average molecular weight is 689 g/mol. The quantitative estimate of drug-likeness (QED) is 0.130. The highest BCUT2D eigenvalue weighted by atomic mass is 35.5. The summed E-state index contributed by atoms with van der Waals surface area (Å²) in [6.07, 6.45) is 1.32. The van der Waals surface area contributed by atoms with Crippen LogP contribution in [0, 0.1) is 29.9 Å². The summed E-state index contributed by atoms with van der Waals surface area (Å²) in [7, 11) is 0. The number of amides is 1. The van der Waals surface area contributed by atoms with Gasteiger partial charge in [-0.05, 0) is 43.5 Å². The number of aliphatic hydroxyl groups is 1. The maximum atomic E-state index is 15.6. The Morgan fingerprint density at radius 2 is 1.93 bits per heavy atom. The number of nitriles is 1. The molecule has 1 fully saturated rings. The molecule has 0 aliphatic carbocycles. The summed E-state index contributed by atoms with van der Waals surface area (Å²) in [5, 5.41) is 21.1. The van der Waals surface area contributed by atoms with E-state index in [1.54, 1.807) is 17.2 Å². The fourth-order valence-corrected chi connectivity index (χ4v) is 6.67. The zero-order valence-electron chi connectivity index (χ0n) is 25.4. The monoisotopic (exact) mass is 687 g/mol. The van der Waals surface area contributed by atoms with Crippen molar-refractivity contribution in [2.45, 2.75) is 45.9 Å². The molecule has 46 heavy (non-hydrogen) atoms. The Bertz CT molecular complexity index is 1830. The van der Waals surface area contributed by atoms with E-state index in [1.165, 1.54) is 17.0 Å². The number of halogens is 5. The lowest BCUT2D eigenvalue weighted by Crippen LogP contribution is -2.54. The van der Waals surface area contributed by atoms with Crippen molar-refractivity contribution < 1.29 is 18.7 Å². The summed E-state index contributed by atoms with van der Waals surface area (Å²) in [5.41, 5.74) is 7.10. The van der Waals surface area contributed by atoms with E-state index in [0.717, 1.165) is 0 Å². The number of anilines is 3. The summed E-state index contributed by atoms with van der Waals surface area (Å²) in [6.45, 7) is 12.1. The van der Waals surface area contributed by atoms with Crippen LogP contribution in [0.25, 0.3) is 17.0 Å². The van der Waals surface area contributed by atoms with Gasteiger partial charge in [0.25, 0.3) is 0 Å². The Morgan fingerprint density at radius 1 is 1.24 bits per heavy atom. The number of fused-ring (bicyclic) bond motifs is 1. The first kappa shape index (κ1) is 33.4. The normalized spacial score (nSPS) is 18.2. The number of nitrogen functional groups attached to an aromatic ring is 1. The van der Waals surface area contributed by atoms with Crippen molar-refractivity contribution in [3.63, 3.8) is 0 Å². The van der Waals surface area contributed by atoms with E-state index in [2.05, 4.69) is 17.6 Å². The van der Waals surface area contributed by atoms with Gasteiger partial charge in [0.1, 0.15) is 22.5 Å². The lowest BCUT2D eigenvalue weighted by molar-refractivity contribution is -0.129. The largest absolute Gasteiger partial charge is 0.395 e. The van der Waals surface area contributed by atoms with Gasteiger partial charge in [-0.3, -0.25) is 14.7 Å². The zero-order chi connectivity index (χ0) is 33.8. The number of aryl methyl sites for hydroxylation is 1. The molecule has 2 aromatic heterocycles. The maximum absolute atomic E-state index is 15.6. The number of rotatable bonds is 5. The number of benzene rings is 1. The van der Waals surface area contributed by atoms with E-state index < -0.39 is 39.2 Å². The maximum Gasteiger partial charge on any atom is 0.246 e. The second-order valence-electron chi connectivity index (χ2n) is 11.4. The summed E-state index contributed by atoms with van der Waals surface area (Å²) < 4.78 is 30.1. The fourth-order valence-electron chi connectivity index (χ4n) is 5.98. The van der Waals surface area contributed by atoms with E-state index in [0.29, 0.717) is 47.8 Å². The Balaban J connectivity index is 1.83. The Hall–Kier alpha value is -3.95. The van der Waals surface area contributed by atoms with Crippen molar-refractivity contribution >= 4 is 63.6 Å². The highest BCUT2D eigenvalue weighted by molar-refractivity contribution is 6.39. The molecule has 1 amide bonds.